The van der Waals surface area contributed by atoms with E-state index in [2.05, 4.69) is 0 Å². The molecule has 1 N–H and O–H groups in total. The molecule has 0 radical (unpaired) electrons. The normalized spacial score (nSPS) is 9.94. The van der Waals surface area contributed by atoms with Gasteiger partial charge in [0.2, 0.25) is 0 Å². The second-order valence-electron chi connectivity index (χ2n) is 3.84. The van der Waals surface area contributed by atoms with E-state index in [4.69, 9.17) is 5.26 Å². The van der Waals surface area contributed by atoms with E-state index >= 15 is 0 Å². The Morgan fingerprint density at radius 1 is 1.12 bits per heavy atom. The number of halogens is 1. The highest BCUT2D eigenvalue weighted by atomic mass is 19.1. The molecule has 0 saturated heterocycles. The summed E-state index contributed by atoms with van der Waals surface area (Å²) in [6.07, 6.45) is 0. The lowest BCUT2D eigenvalue weighted by atomic mass is 10.0. The molecule has 2 nitrogen and oxygen atoms in total. The first-order chi connectivity index (χ1) is 8.10. The van der Waals surface area contributed by atoms with Crippen LogP contribution in [0.5, 0.6) is 5.75 Å². The SMILES string of the molecule is Cc1cc(-c2cc(F)cc(C#N)c2)ccc1O. The summed E-state index contributed by atoms with van der Waals surface area (Å²) in [6, 6.07) is 11.1. The van der Waals surface area contributed by atoms with E-state index in [-0.39, 0.29) is 11.3 Å². The van der Waals surface area contributed by atoms with Crippen LogP contribution in [0, 0.1) is 24.1 Å². The monoisotopic (exact) mass is 227 g/mol. The van der Waals surface area contributed by atoms with Crippen LogP contribution in [0.15, 0.2) is 36.4 Å². The average Bonchev–Trinajstić information content (AvgIpc) is 2.32. The minimum absolute atomic E-state index is 0.200. The van der Waals surface area contributed by atoms with Crippen molar-refractivity contribution < 1.29 is 9.50 Å². The smallest absolute Gasteiger partial charge is 0.125 e. The van der Waals surface area contributed by atoms with E-state index in [1.54, 1.807) is 31.2 Å². The minimum Gasteiger partial charge on any atom is -0.508 e. The number of nitrogens with zero attached hydrogens (tertiary/aromatic N) is 1. The Morgan fingerprint density at radius 2 is 1.88 bits per heavy atom. The molecule has 0 saturated carbocycles. The number of aromatic hydroxyl groups is 1. The van der Waals surface area contributed by atoms with Gasteiger partial charge in [0.25, 0.3) is 0 Å². The zero-order valence-corrected chi connectivity index (χ0v) is 9.24. The van der Waals surface area contributed by atoms with Crippen LogP contribution in [0.25, 0.3) is 11.1 Å². The van der Waals surface area contributed by atoms with Crippen molar-refractivity contribution in [3.05, 3.63) is 53.3 Å². The van der Waals surface area contributed by atoms with Crippen molar-refractivity contribution in [2.24, 2.45) is 0 Å². The van der Waals surface area contributed by atoms with Gasteiger partial charge in [0, 0.05) is 0 Å². The first-order valence-corrected chi connectivity index (χ1v) is 5.11. The number of rotatable bonds is 1. The van der Waals surface area contributed by atoms with Crippen molar-refractivity contribution in [3.8, 4) is 22.9 Å². The summed E-state index contributed by atoms with van der Waals surface area (Å²) in [5, 5.41) is 18.2. The molecule has 0 aliphatic carbocycles. The predicted octanol–water partition coefficient (Wildman–Crippen LogP) is 3.38. The van der Waals surface area contributed by atoms with Crippen molar-refractivity contribution in [1.82, 2.24) is 0 Å². The fourth-order valence-corrected chi connectivity index (χ4v) is 1.66. The minimum atomic E-state index is -0.440. The number of phenols is 1. The molecular weight excluding hydrogens is 217 g/mol. The van der Waals surface area contributed by atoms with Crippen LogP contribution >= 0.6 is 0 Å². The molecule has 0 aliphatic heterocycles. The van der Waals surface area contributed by atoms with Gasteiger partial charge >= 0.3 is 0 Å². The second kappa shape index (κ2) is 4.26. The topological polar surface area (TPSA) is 44.0 Å². The van der Waals surface area contributed by atoms with Gasteiger partial charge in [0.15, 0.2) is 0 Å². The quantitative estimate of drug-likeness (QED) is 0.811. The van der Waals surface area contributed by atoms with Crippen molar-refractivity contribution in [2.45, 2.75) is 6.92 Å². The maximum Gasteiger partial charge on any atom is 0.125 e. The highest BCUT2D eigenvalue weighted by Gasteiger charge is 2.05. The van der Waals surface area contributed by atoms with Crippen LogP contribution < -0.4 is 0 Å². The molecule has 0 fully saturated rings. The molecule has 3 heteroatoms. The van der Waals surface area contributed by atoms with E-state index in [1.165, 1.54) is 12.1 Å². The van der Waals surface area contributed by atoms with E-state index in [9.17, 15) is 9.50 Å². The number of aryl methyl sites for hydroxylation is 1. The van der Waals surface area contributed by atoms with Gasteiger partial charge in [-0.05, 0) is 53.9 Å². The summed E-state index contributed by atoms with van der Waals surface area (Å²) < 4.78 is 13.3. The van der Waals surface area contributed by atoms with Gasteiger partial charge < -0.3 is 5.11 Å². The lowest BCUT2D eigenvalue weighted by Crippen LogP contribution is -1.85. The molecule has 0 atom stereocenters. The highest BCUT2D eigenvalue weighted by molar-refractivity contribution is 5.67. The maximum absolute atomic E-state index is 13.3. The molecular formula is C14H10FNO. The molecule has 2 aromatic rings. The van der Waals surface area contributed by atoms with Gasteiger partial charge in [-0.2, -0.15) is 5.26 Å². The Labute approximate surface area is 98.6 Å². The van der Waals surface area contributed by atoms with Crippen LogP contribution in [-0.2, 0) is 0 Å². The number of hydrogen-bond acceptors (Lipinski definition) is 2. The predicted molar refractivity (Wildman–Crippen MR) is 63.0 cm³/mol. The summed E-state index contributed by atoms with van der Waals surface area (Å²) in [7, 11) is 0. The van der Waals surface area contributed by atoms with Crippen LogP contribution in [0.1, 0.15) is 11.1 Å². The summed E-state index contributed by atoms with van der Waals surface area (Å²) in [4.78, 5) is 0. The van der Waals surface area contributed by atoms with Crippen LogP contribution in [0.3, 0.4) is 0 Å². The second-order valence-corrected chi connectivity index (χ2v) is 3.84. The Morgan fingerprint density at radius 3 is 2.53 bits per heavy atom. The highest BCUT2D eigenvalue weighted by Crippen LogP contribution is 2.26. The Kier molecular flexibility index (Phi) is 2.80. The van der Waals surface area contributed by atoms with Gasteiger partial charge in [-0.3, -0.25) is 0 Å². The summed E-state index contributed by atoms with van der Waals surface area (Å²) >= 11 is 0. The average molecular weight is 227 g/mol. The van der Waals surface area contributed by atoms with Gasteiger partial charge in [-0.1, -0.05) is 6.07 Å². The van der Waals surface area contributed by atoms with Crippen molar-refractivity contribution in [1.29, 1.82) is 5.26 Å². The van der Waals surface area contributed by atoms with Gasteiger partial charge in [-0.25, -0.2) is 4.39 Å². The molecule has 0 heterocycles. The molecule has 0 bridgehead atoms. The molecule has 84 valence electrons. The molecule has 2 aromatic carbocycles. The van der Waals surface area contributed by atoms with E-state index in [1.807, 2.05) is 6.07 Å². The van der Waals surface area contributed by atoms with Crippen molar-refractivity contribution in [3.63, 3.8) is 0 Å². The van der Waals surface area contributed by atoms with Crippen LogP contribution in [-0.4, -0.2) is 5.11 Å². The van der Waals surface area contributed by atoms with Gasteiger partial charge in [0.05, 0.1) is 11.6 Å². The molecule has 0 aliphatic rings. The summed E-state index contributed by atoms with van der Waals surface area (Å²) in [5.41, 5.74) is 2.40. The zero-order chi connectivity index (χ0) is 12.4. The number of hydrogen-bond donors (Lipinski definition) is 1. The first-order valence-electron chi connectivity index (χ1n) is 5.11. The fraction of sp³-hybridized carbons (Fsp3) is 0.0714. The third-order valence-electron chi connectivity index (χ3n) is 2.56. The number of benzene rings is 2. The third kappa shape index (κ3) is 2.26. The van der Waals surface area contributed by atoms with Gasteiger partial charge in [-0.15, -0.1) is 0 Å². The Hall–Kier alpha value is -2.34. The summed E-state index contributed by atoms with van der Waals surface area (Å²) in [6.45, 7) is 1.77. The van der Waals surface area contributed by atoms with E-state index in [0.717, 1.165) is 5.56 Å². The molecule has 0 amide bonds. The zero-order valence-electron chi connectivity index (χ0n) is 9.24. The fourth-order valence-electron chi connectivity index (χ4n) is 1.66. The molecule has 2 rings (SSSR count). The lowest BCUT2D eigenvalue weighted by Gasteiger charge is -2.05. The lowest BCUT2D eigenvalue weighted by molar-refractivity contribution is 0.471. The number of nitriles is 1. The van der Waals surface area contributed by atoms with E-state index < -0.39 is 5.82 Å². The molecule has 0 aromatic heterocycles. The Balaban J connectivity index is 2.56. The van der Waals surface area contributed by atoms with Crippen molar-refractivity contribution >= 4 is 0 Å². The van der Waals surface area contributed by atoms with E-state index in [0.29, 0.717) is 11.1 Å². The standard InChI is InChI=1S/C14H10FNO/c1-9-4-11(2-3-14(9)17)12-5-10(8-16)6-13(15)7-12/h2-7,17H,1H3. The Bertz CT molecular complexity index is 614. The molecule has 0 unspecified atom stereocenters. The first kappa shape index (κ1) is 11.2. The molecule has 0 spiro atoms. The third-order valence-corrected chi connectivity index (χ3v) is 2.56. The number of phenolic OH excluding ortho intramolecular Hbond substituents is 1. The van der Waals surface area contributed by atoms with Gasteiger partial charge in [0.1, 0.15) is 11.6 Å². The van der Waals surface area contributed by atoms with Crippen LogP contribution in [0.2, 0.25) is 0 Å². The summed E-state index contributed by atoms with van der Waals surface area (Å²) in [5.74, 6) is -0.240. The van der Waals surface area contributed by atoms with Crippen LogP contribution in [0.4, 0.5) is 4.39 Å². The maximum atomic E-state index is 13.3. The molecule has 17 heavy (non-hydrogen) atoms. The largest absolute Gasteiger partial charge is 0.508 e. The van der Waals surface area contributed by atoms with Crippen molar-refractivity contribution in [2.75, 3.05) is 0 Å².